The topological polar surface area (TPSA) is 92.3 Å². The van der Waals surface area contributed by atoms with Crippen LogP contribution in [0.3, 0.4) is 0 Å². The van der Waals surface area contributed by atoms with Crippen LogP contribution in [0.4, 0.5) is 5.69 Å². The fourth-order valence-corrected chi connectivity index (χ4v) is 5.64. The zero-order chi connectivity index (χ0) is 24.4. The summed E-state index contributed by atoms with van der Waals surface area (Å²) in [7, 11) is 0. The number of hydrogen-bond donors (Lipinski definition) is 2. The number of nitrogens with one attached hydrogen (secondary N) is 2. The third-order valence-electron chi connectivity index (χ3n) is 6.08. The molecule has 0 aliphatic carbocycles. The summed E-state index contributed by atoms with van der Waals surface area (Å²) in [4.78, 5) is 20.5. The van der Waals surface area contributed by atoms with Gasteiger partial charge in [0.1, 0.15) is 11.5 Å². The molecule has 1 aromatic carbocycles. The number of likely N-dealkylation sites (N-methyl/N-ethyl adjacent to an activating group) is 1. The number of halogens is 1. The molecule has 0 saturated heterocycles. The first-order valence-electron chi connectivity index (χ1n) is 11.9. The summed E-state index contributed by atoms with van der Waals surface area (Å²) >= 11 is 7.69. The van der Waals surface area contributed by atoms with Crippen molar-refractivity contribution in [3.63, 3.8) is 0 Å². The summed E-state index contributed by atoms with van der Waals surface area (Å²) in [6, 6.07) is 9.72. The van der Waals surface area contributed by atoms with Crippen molar-refractivity contribution in [1.29, 1.82) is 0 Å². The zero-order valence-corrected chi connectivity index (χ0v) is 21.3. The predicted molar refractivity (Wildman–Crippen MR) is 142 cm³/mol. The van der Waals surface area contributed by atoms with E-state index in [1.807, 2.05) is 24.3 Å². The highest BCUT2D eigenvalue weighted by molar-refractivity contribution is 7.21. The number of fused-ring (bicyclic) bond motifs is 5. The molecule has 4 aromatic rings. The third-order valence-corrected chi connectivity index (χ3v) is 7.42. The Balaban J connectivity index is 1.51. The Kier molecular flexibility index (Phi) is 6.99. The van der Waals surface area contributed by atoms with Crippen molar-refractivity contribution in [2.75, 3.05) is 44.6 Å². The Bertz CT molecular complexity index is 1390. The first-order chi connectivity index (χ1) is 17.1. The Morgan fingerprint density at radius 3 is 2.80 bits per heavy atom. The van der Waals surface area contributed by atoms with Crippen LogP contribution in [0.5, 0.6) is 5.88 Å². The molecule has 1 aliphatic rings. The van der Waals surface area contributed by atoms with Gasteiger partial charge in [0.05, 0.1) is 22.5 Å². The molecule has 0 unspecified atom stereocenters. The molecule has 0 atom stereocenters. The molecule has 35 heavy (non-hydrogen) atoms. The zero-order valence-electron chi connectivity index (χ0n) is 19.7. The molecule has 182 valence electrons. The van der Waals surface area contributed by atoms with Crippen molar-refractivity contribution in [2.45, 2.75) is 20.3 Å². The van der Waals surface area contributed by atoms with Crippen molar-refractivity contribution in [3.05, 3.63) is 40.4 Å². The first-order valence-corrected chi connectivity index (χ1v) is 13.1. The highest BCUT2D eigenvalue weighted by Crippen LogP contribution is 2.41. The fourth-order valence-electron chi connectivity index (χ4n) is 4.39. The lowest BCUT2D eigenvalue weighted by molar-refractivity contribution is 0.0962. The van der Waals surface area contributed by atoms with Gasteiger partial charge < -0.3 is 20.3 Å². The van der Waals surface area contributed by atoms with Gasteiger partial charge in [0, 0.05) is 35.1 Å². The van der Waals surface area contributed by atoms with Crippen LogP contribution in [0.25, 0.3) is 32.2 Å². The van der Waals surface area contributed by atoms with Crippen LogP contribution in [0.2, 0.25) is 5.15 Å². The fraction of sp³-hybridized carbons (Fsp3) is 0.360. The Hall–Kier alpha value is -3.01. The maximum absolute atomic E-state index is 12.5. The predicted octanol–water partition coefficient (Wildman–Crippen LogP) is 4.83. The summed E-state index contributed by atoms with van der Waals surface area (Å²) in [6.07, 6.45) is 1.10. The van der Waals surface area contributed by atoms with Gasteiger partial charge in [0.25, 0.3) is 5.91 Å². The second-order valence-corrected chi connectivity index (χ2v) is 9.80. The number of carbonyl (C=O) groups is 1. The number of pyridine rings is 1. The van der Waals surface area contributed by atoms with E-state index in [1.165, 1.54) is 11.3 Å². The van der Waals surface area contributed by atoms with Crippen molar-refractivity contribution in [1.82, 2.24) is 25.4 Å². The van der Waals surface area contributed by atoms with E-state index in [1.54, 1.807) is 6.07 Å². The van der Waals surface area contributed by atoms with Gasteiger partial charge in [0.2, 0.25) is 5.88 Å². The van der Waals surface area contributed by atoms with Gasteiger partial charge in [-0.05, 0) is 49.8 Å². The van der Waals surface area contributed by atoms with Crippen LogP contribution < -0.4 is 15.4 Å². The van der Waals surface area contributed by atoms with E-state index >= 15 is 0 Å². The maximum atomic E-state index is 12.5. The molecule has 0 spiro atoms. The number of anilines is 1. The second kappa shape index (κ2) is 10.3. The number of aromatic nitrogens is 3. The van der Waals surface area contributed by atoms with Crippen LogP contribution in [-0.4, -0.2) is 65.3 Å². The number of benzene rings is 1. The number of hydrogen-bond acceptors (Lipinski definition) is 8. The van der Waals surface area contributed by atoms with E-state index in [2.05, 4.69) is 39.6 Å². The van der Waals surface area contributed by atoms with E-state index < -0.39 is 0 Å². The van der Waals surface area contributed by atoms with Gasteiger partial charge in [-0.15, -0.1) is 21.5 Å². The highest BCUT2D eigenvalue weighted by atomic mass is 35.5. The molecule has 5 rings (SSSR count). The average Bonchev–Trinajstić information content (AvgIpc) is 3.16. The van der Waals surface area contributed by atoms with Gasteiger partial charge in [-0.1, -0.05) is 25.4 Å². The number of thiophene rings is 1. The van der Waals surface area contributed by atoms with Crippen molar-refractivity contribution >= 4 is 55.5 Å². The van der Waals surface area contributed by atoms with E-state index in [0.29, 0.717) is 41.7 Å². The van der Waals surface area contributed by atoms with Crippen molar-refractivity contribution < 1.29 is 9.53 Å². The van der Waals surface area contributed by atoms with Gasteiger partial charge in [-0.2, -0.15) is 0 Å². The molecule has 3 aromatic heterocycles. The number of amides is 1. The van der Waals surface area contributed by atoms with Crippen LogP contribution in [0, 0.1) is 0 Å². The molecule has 0 fully saturated rings. The lowest BCUT2D eigenvalue weighted by Crippen LogP contribution is -2.29. The first kappa shape index (κ1) is 23.7. The Morgan fingerprint density at radius 2 is 1.97 bits per heavy atom. The molecule has 0 radical (unpaired) electrons. The summed E-state index contributed by atoms with van der Waals surface area (Å²) in [5.74, 6) is 0.376. The third kappa shape index (κ3) is 4.76. The van der Waals surface area contributed by atoms with Gasteiger partial charge in [-0.3, -0.25) is 4.79 Å². The number of ether oxygens (including phenoxy) is 1. The van der Waals surface area contributed by atoms with Crippen molar-refractivity contribution in [3.8, 4) is 17.1 Å². The number of rotatable bonds is 8. The summed E-state index contributed by atoms with van der Waals surface area (Å²) < 4.78 is 7.08. The smallest absolute Gasteiger partial charge is 0.263 e. The molecular formula is C25H27ClN6O2S. The molecule has 0 bridgehead atoms. The molecule has 8 nitrogen and oxygen atoms in total. The normalized spacial score (nSPS) is 13.5. The molecule has 10 heteroatoms. The maximum Gasteiger partial charge on any atom is 0.263 e. The van der Waals surface area contributed by atoms with E-state index in [9.17, 15) is 4.79 Å². The molecule has 2 N–H and O–H groups in total. The quantitative estimate of drug-likeness (QED) is 0.351. The molecule has 4 heterocycles. The van der Waals surface area contributed by atoms with Crippen LogP contribution >= 0.6 is 22.9 Å². The van der Waals surface area contributed by atoms with E-state index in [0.717, 1.165) is 52.7 Å². The van der Waals surface area contributed by atoms with Gasteiger partial charge in [0.15, 0.2) is 5.15 Å². The summed E-state index contributed by atoms with van der Waals surface area (Å²) in [5.41, 5.74) is 3.11. The molecule has 1 aliphatic heterocycles. The SMILES string of the molecule is CCCN(CC)CCOc1nnc(Cl)cc1-c1ccc2c(ccc3sc4c(c32)NCCNC4=O)n1. The standard InChI is InChI=1S/C25H27ClN6O2S/c1-3-11-32(4-2)12-13-34-25-16(14-20(26)30-31-25)18-6-5-15-17(29-18)7-8-19-21(15)22-23(35-19)24(33)28-10-9-27-22/h5-8,14,27H,3-4,9-13H2,1-2H3,(H,28,33). The van der Waals surface area contributed by atoms with E-state index in [-0.39, 0.29) is 11.1 Å². The van der Waals surface area contributed by atoms with Crippen LogP contribution in [0.15, 0.2) is 30.3 Å². The highest BCUT2D eigenvalue weighted by Gasteiger charge is 2.22. The summed E-state index contributed by atoms with van der Waals surface area (Å²) in [6.45, 7) is 8.91. The number of carbonyl (C=O) groups excluding carboxylic acids is 1. The monoisotopic (exact) mass is 510 g/mol. The van der Waals surface area contributed by atoms with Crippen molar-refractivity contribution in [2.24, 2.45) is 0 Å². The van der Waals surface area contributed by atoms with Gasteiger partial charge in [-0.25, -0.2) is 4.98 Å². The minimum Gasteiger partial charge on any atom is -0.475 e. The Labute approximate surface area is 212 Å². The number of nitrogens with zero attached hydrogens (tertiary/aromatic N) is 4. The van der Waals surface area contributed by atoms with Crippen LogP contribution in [0.1, 0.15) is 29.9 Å². The minimum atomic E-state index is -0.0382. The molecule has 1 amide bonds. The molecule has 0 saturated carbocycles. The second-order valence-electron chi connectivity index (χ2n) is 8.36. The average molecular weight is 511 g/mol. The lowest BCUT2D eigenvalue weighted by atomic mass is 10.1. The lowest BCUT2D eigenvalue weighted by Gasteiger charge is -2.19. The Morgan fingerprint density at radius 1 is 1.11 bits per heavy atom. The largest absolute Gasteiger partial charge is 0.475 e. The molecular weight excluding hydrogens is 484 g/mol. The van der Waals surface area contributed by atoms with Crippen LogP contribution in [-0.2, 0) is 0 Å². The van der Waals surface area contributed by atoms with Gasteiger partial charge >= 0.3 is 0 Å². The summed E-state index contributed by atoms with van der Waals surface area (Å²) in [5, 5.41) is 16.8. The van der Waals surface area contributed by atoms with E-state index in [4.69, 9.17) is 21.3 Å². The minimum absolute atomic E-state index is 0.0382.